The number of nitrogens with zero attached hydrogens (tertiary/aromatic N) is 4. The molecule has 2 aromatic heterocycles. The lowest BCUT2D eigenvalue weighted by atomic mass is 10.2. The molecular weight excluding hydrogens is 477 g/mol. The first-order valence-corrected chi connectivity index (χ1v) is 10.6. The van der Waals surface area contributed by atoms with Crippen molar-refractivity contribution in [3.05, 3.63) is 77.9 Å². The highest BCUT2D eigenvalue weighted by Crippen LogP contribution is 2.30. The molecule has 2 aromatic carbocycles. The maximum absolute atomic E-state index is 12.6. The topological polar surface area (TPSA) is 103 Å². The van der Waals surface area contributed by atoms with Gasteiger partial charge in [0.25, 0.3) is 0 Å². The molecule has 0 aliphatic carbocycles. The molecule has 4 rings (SSSR count). The van der Waals surface area contributed by atoms with E-state index in [9.17, 15) is 18.0 Å². The first kappa shape index (κ1) is 24.5. The summed E-state index contributed by atoms with van der Waals surface area (Å²) >= 11 is 0. The van der Waals surface area contributed by atoms with Gasteiger partial charge >= 0.3 is 12.4 Å². The number of carbonyl (C=O) groups is 1. The standard InChI is InChI=1S/C24H21F3N6O3/c1-14-15(2)32-33(16(14)3)21-12-22(29-13-28-21)35-18-10-8-17(9-11-18)30-23(34)31-19-6-4-5-7-20(19)36-24(25,26)27/h4-13H,1-3H3,(H2,30,31,34). The van der Waals surface area contributed by atoms with Crippen molar-refractivity contribution in [2.75, 3.05) is 10.6 Å². The van der Waals surface area contributed by atoms with Gasteiger partial charge in [-0.25, -0.2) is 19.4 Å². The van der Waals surface area contributed by atoms with Crippen LogP contribution >= 0.6 is 0 Å². The number of nitrogens with one attached hydrogen (secondary N) is 2. The molecule has 2 heterocycles. The van der Waals surface area contributed by atoms with Crippen LogP contribution in [0.2, 0.25) is 0 Å². The largest absolute Gasteiger partial charge is 0.573 e. The van der Waals surface area contributed by atoms with Gasteiger partial charge in [-0.2, -0.15) is 5.10 Å². The Morgan fingerprint density at radius 2 is 1.69 bits per heavy atom. The summed E-state index contributed by atoms with van der Waals surface area (Å²) in [5, 5.41) is 9.35. The molecule has 0 spiro atoms. The number of hydrogen-bond donors (Lipinski definition) is 2. The van der Waals surface area contributed by atoms with Crippen molar-refractivity contribution in [1.82, 2.24) is 19.7 Å². The van der Waals surface area contributed by atoms with Gasteiger partial charge < -0.3 is 20.1 Å². The molecule has 0 saturated carbocycles. The molecule has 0 radical (unpaired) electrons. The number of para-hydroxylation sites is 2. The first-order valence-electron chi connectivity index (χ1n) is 10.6. The molecule has 0 aliphatic heterocycles. The molecule has 9 nitrogen and oxygen atoms in total. The van der Waals surface area contributed by atoms with Crippen LogP contribution in [0.4, 0.5) is 29.3 Å². The second kappa shape index (κ2) is 9.94. The highest BCUT2D eigenvalue weighted by Gasteiger charge is 2.32. The summed E-state index contributed by atoms with van der Waals surface area (Å²) in [4.78, 5) is 20.7. The second-order valence-electron chi connectivity index (χ2n) is 7.67. The van der Waals surface area contributed by atoms with E-state index in [-0.39, 0.29) is 5.69 Å². The van der Waals surface area contributed by atoms with E-state index in [4.69, 9.17) is 4.74 Å². The molecule has 0 unspecified atom stereocenters. The van der Waals surface area contributed by atoms with E-state index in [2.05, 4.69) is 30.4 Å². The molecule has 0 fully saturated rings. The van der Waals surface area contributed by atoms with E-state index >= 15 is 0 Å². The van der Waals surface area contributed by atoms with Gasteiger partial charge in [-0.05, 0) is 62.7 Å². The number of anilines is 2. The number of benzene rings is 2. The minimum Gasteiger partial charge on any atom is -0.439 e. The third-order valence-corrected chi connectivity index (χ3v) is 5.19. The highest BCUT2D eigenvalue weighted by molar-refractivity contribution is 6.00. The minimum absolute atomic E-state index is 0.135. The zero-order valence-corrected chi connectivity index (χ0v) is 19.4. The van der Waals surface area contributed by atoms with Crippen molar-refractivity contribution in [2.45, 2.75) is 27.1 Å². The predicted octanol–water partition coefficient (Wildman–Crippen LogP) is 5.92. The Bertz CT molecular complexity index is 1390. The maximum atomic E-state index is 12.6. The van der Waals surface area contributed by atoms with Crippen molar-refractivity contribution in [2.24, 2.45) is 0 Å². The summed E-state index contributed by atoms with van der Waals surface area (Å²) < 4.78 is 49.1. The molecule has 0 saturated heterocycles. The first-order chi connectivity index (χ1) is 17.1. The van der Waals surface area contributed by atoms with Crippen LogP contribution in [0.1, 0.15) is 17.0 Å². The summed E-state index contributed by atoms with van der Waals surface area (Å²) in [6, 6.07) is 12.5. The van der Waals surface area contributed by atoms with Gasteiger partial charge in [0.05, 0.1) is 11.4 Å². The van der Waals surface area contributed by atoms with Crippen LogP contribution in [-0.4, -0.2) is 32.1 Å². The van der Waals surface area contributed by atoms with Gasteiger partial charge in [-0.1, -0.05) is 12.1 Å². The summed E-state index contributed by atoms with van der Waals surface area (Å²) in [6.45, 7) is 5.85. The van der Waals surface area contributed by atoms with E-state index in [0.29, 0.717) is 23.1 Å². The maximum Gasteiger partial charge on any atom is 0.573 e. The van der Waals surface area contributed by atoms with Crippen LogP contribution < -0.4 is 20.1 Å². The van der Waals surface area contributed by atoms with Gasteiger partial charge in [-0.3, -0.25) is 0 Å². The van der Waals surface area contributed by atoms with Crippen molar-refractivity contribution >= 4 is 17.4 Å². The molecular formula is C24H21F3N6O3. The molecule has 0 aliphatic rings. The number of amides is 2. The average Bonchev–Trinajstić information content (AvgIpc) is 3.08. The van der Waals surface area contributed by atoms with Gasteiger partial charge in [0.15, 0.2) is 11.6 Å². The van der Waals surface area contributed by atoms with Gasteiger partial charge in [0.1, 0.15) is 12.1 Å². The monoisotopic (exact) mass is 498 g/mol. The Morgan fingerprint density at radius 1 is 0.972 bits per heavy atom. The fraction of sp³-hybridized carbons (Fsp3) is 0.167. The number of carbonyl (C=O) groups excluding carboxylic acids is 1. The van der Waals surface area contributed by atoms with Crippen molar-refractivity contribution in [3.8, 4) is 23.2 Å². The number of aromatic nitrogens is 4. The number of alkyl halides is 3. The van der Waals surface area contributed by atoms with Crippen LogP contribution in [0.15, 0.2) is 60.9 Å². The Kier molecular flexibility index (Phi) is 6.77. The van der Waals surface area contributed by atoms with Crippen LogP contribution in [-0.2, 0) is 0 Å². The molecule has 0 bridgehead atoms. The highest BCUT2D eigenvalue weighted by atomic mass is 19.4. The number of aryl methyl sites for hydroxylation is 1. The van der Waals surface area contributed by atoms with Crippen LogP contribution in [0.25, 0.3) is 5.82 Å². The Morgan fingerprint density at radius 3 is 2.36 bits per heavy atom. The molecule has 4 aromatic rings. The number of rotatable bonds is 6. The third kappa shape index (κ3) is 5.90. The number of ether oxygens (including phenoxy) is 2. The summed E-state index contributed by atoms with van der Waals surface area (Å²) in [6.07, 6.45) is -3.51. The van der Waals surface area contributed by atoms with Gasteiger partial charge in [0, 0.05) is 17.4 Å². The minimum atomic E-state index is -4.89. The van der Waals surface area contributed by atoms with Gasteiger partial charge in [0.2, 0.25) is 5.88 Å². The second-order valence-corrected chi connectivity index (χ2v) is 7.67. The van der Waals surface area contributed by atoms with Crippen molar-refractivity contribution in [3.63, 3.8) is 0 Å². The Balaban J connectivity index is 1.40. The van der Waals surface area contributed by atoms with Crippen LogP contribution in [0.3, 0.4) is 0 Å². The summed E-state index contributed by atoms with van der Waals surface area (Å²) in [5.41, 5.74) is 3.18. The molecule has 0 atom stereocenters. The average molecular weight is 498 g/mol. The smallest absolute Gasteiger partial charge is 0.439 e. The molecule has 2 N–H and O–H groups in total. The fourth-order valence-electron chi connectivity index (χ4n) is 3.24. The van der Waals surface area contributed by atoms with E-state index in [1.54, 1.807) is 35.0 Å². The number of halogens is 3. The zero-order valence-electron chi connectivity index (χ0n) is 19.4. The number of hydrogen-bond acceptors (Lipinski definition) is 6. The van der Waals surface area contributed by atoms with E-state index in [1.807, 2.05) is 20.8 Å². The SMILES string of the molecule is Cc1nn(-c2cc(Oc3ccc(NC(=O)Nc4ccccc4OC(F)(F)F)cc3)ncn2)c(C)c1C. The summed E-state index contributed by atoms with van der Waals surface area (Å²) in [5.74, 6) is 0.770. The van der Waals surface area contributed by atoms with Gasteiger partial charge in [-0.15, -0.1) is 13.2 Å². The lowest BCUT2D eigenvalue weighted by Crippen LogP contribution is -2.22. The zero-order chi connectivity index (χ0) is 25.9. The lowest BCUT2D eigenvalue weighted by Gasteiger charge is -2.14. The molecule has 36 heavy (non-hydrogen) atoms. The van der Waals surface area contributed by atoms with E-state index < -0.39 is 18.1 Å². The molecule has 12 heteroatoms. The Labute approximate surface area is 203 Å². The lowest BCUT2D eigenvalue weighted by molar-refractivity contribution is -0.274. The molecule has 186 valence electrons. The van der Waals surface area contributed by atoms with Crippen molar-refractivity contribution < 1.29 is 27.4 Å². The predicted molar refractivity (Wildman–Crippen MR) is 126 cm³/mol. The quantitative estimate of drug-likeness (QED) is 0.342. The third-order valence-electron chi connectivity index (χ3n) is 5.19. The van der Waals surface area contributed by atoms with Crippen LogP contribution in [0, 0.1) is 20.8 Å². The van der Waals surface area contributed by atoms with Crippen molar-refractivity contribution in [1.29, 1.82) is 0 Å². The van der Waals surface area contributed by atoms with Crippen LogP contribution in [0.5, 0.6) is 17.4 Å². The molecule has 2 amide bonds. The van der Waals surface area contributed by atoms with E-state index in [0.717, 1.165) is 23.0 Å². The Hall–Kier alpha value is -4.61. The number of urea groups is 1. The fourth-order valence-corrected chi connectivity index (χ4v) is 3.24. The summed E-state index contributed by atoms with van der Waals surface area (Å²) in [7, 11) is 0. The normalized spacial score (nSPS) is 11.2. The van der Waals surface area contributed by atoms with E-state index in [1.165, 1.54) is 24.5 Å².